The van der Waals surface area contributed by atoms with Crippen LogP contribution in [0.5, 0.6) is 5.75 Å². The Kier molecular flexibility index (Phi) is 2.23. The molecule has 2 heteroatoms. The molecule has 13 heavy (non-hydrogen) atoms. The van der Waals surface area contributed by atoms with Gasteiger partial charge in [0.2, 0.25) is 0 Å². The zero-order valence-electron chi connectivity index (χ0n) is 7.73. The van der Waals surface area contributed by atoms with E-state index in [1.165, 1.54) is 5.56 Å². The monoisotopic (exact) mass is 178 g/mol. The van der Waals surface area contributed by atoms with Crippen LogP contribution in [0.3, 0.4) is 0 Å². The summed E-state index contributed by atoms with van der Waals surface area (Å²) in [5.41, 5.74) is 1.24. The van der Waals surface area contributed by atoms with Gasteiger partial charge in [-0.05, 0) is 29.9 Å². The minimum Gasteiger partial charge on any atom is -0.496 e. The number of rotatable bonds is 3. The molecule has 2 nitrogen and oxygen atoms in total. The van der Waals surface area contributed by atoms with Crippen LogP contribution in [0.15, 0.2) is 24.3 Å². The first-order chi connectivity index (χ1) is 6.36. The molecule has 1 aliphatic carbocycles. The lowest BCUT2D eigenvalue weighted by atomic mass is 10.1. The fraction of sp³-hybridized carbons (Fsp3) is 0.455. The van der Waals surface area contributed by atoms with Gasteiger partial charge in [0.05, 0.1) is 7.11 Å². The number of ether oxygens (including phenoxy) is 1. The van der Waals surface area contributed by atoms with Crippen LogP contribution < -0.4 is 4.74 Å². The molecule has 1 fully saturated rings. The van der Waals surface area contributed by atoms with Crippen molar-refractivity contribution in [2.24, 2.45) is 5.92 Å². The third kappa shape index (κ3) is 1.54. The summed E-state index contributed by atoms with van der Waals surface area (Å²) in [6.45, 7) is 0.294. The van der Waals surface area contributed by atoms with Crippen molar-refractivity contribution in [3.8, 4) is 5.75 Å². The van der Waals surface area contributed by atoms with Gasteiger partial charge < -0.3 is 9.84 Å². The average molecular weight is 178 g/mol. The minimum absolute atomic E-state index is 0.294. The van der Waals surface area contributed by atoms with Gasteiger partial charge >= 0.3 is 0 Å². The number of hydrogen-bond donors (Lipinski definition) is 1. The Morgan fingerprint density at radius 3 is 2.85 bits per heavy atom. The maximum absolute atomic E-state index is 8.96. The Labute approximate surface area is 78.2 Å². The van der Waals surface area contributed by atoms with E-state index in [9.17, 15) is 0 Å². The molecule has 1 aromatic rings. The number of aliphatic hydroxyl groups is 1. The minimum atomic E-state index is 0.294. The molecule has 1 saturated carbocycles. The quantitative estimate of drug-likeness (QED) is 0.764. The van der Waals surface area contributed by atoms with Crippen LogP contribution in [0.25, 0.3) is 0 Å². The number of aliphatic hydroxyl groups excluding tert-OH is 1. The maximum Gasteiger partial charge on any atom is 0.122 e. The van der Waals surface area contributed by atoms with Gasteiger partial charge in [0.1, 0.15) is 5.75 Å². The number of hydrogen-bond acceptors (Lipinski definition) is 2. The van der Waals surface area contributed by atoms with E-state index in [-0.39, 0.29) is 0 Å². The van der Waals surface area contributed by atoms with Crippen molar-refractivity contribution < 1.29 is 9.84 Å². The maximum atomic E-state index is 8.96. The first-order valence-corrected chi connectivity index (χ1v) is 4.60. The molecule has 2 rings (SSSR count). The van der Waals surface area contributed by atoms with E-state index in [2.05, 4.69) is 6.07 Å². The number of benzene rings is 1. The Bertz CT molecular complexity index is 296. The van der Waals surface area contributed by atoms with E-state index in [1.807, 2.05) is 18.2 Å². The molecule has 0 bridgehead atoms. The van der Waals surface area contributed by atoms with Crippen molar-refractivity contribution in [3.63, 3.8) is 0 Å². The first-order valence-electron chi connectivity index (χ1n) is 4.60. The third-order valence-electron chi connectivity index (χ3n) is 2.70. The molecule has 0 spiro atoms. The molecule has 0 saturated heterocycles. The highest BCUT2D eigenvalue weighted by Crippen LogP contribution is 2.49. The molecule has 0 aromatic heterocycles. The van der Waals surface area contributed by atoms with Crippen LogP contribution in [-0.4, -0.2) is 18.8 Å². The molecule has 0 heterocycles. The summed E-state index contributed by atoms with van der Waals surface area (Å²) in [5, 5.41) is 8.96. The summed E-state index contributed by atoms with van der Waals surface area (Å²) in [7, 11) is 1.69. The van der Waals surface area contributed by atoms with Crippen molar-refractivity contribution in [2.45, 2.75) is 12.3 Å². The highest BCUT2D eigenvalue weighted by Gasteiger charge is 2.39. The molecule has 1 N–H and O–H groups in total. The second-order valence-electron chi connectivity index (χ2n) is 3.53. The second kappa shape index (κ2) is 3.38. The standard InChI is InChI=1S/C11H14O2/c1-13-11-5-3-2-4-9(11)10-6-8(10)7-12/h2-5,8,10,12H,6-7H2,1H3/t8-,10?/m0/s1. The van der Waals surface area contributed by atoms with Crippen LogP contribution in [0.4, 0.5) is 0 Å². The normalized spacial score (nSPS) is 25.7. The Hall–Kier alpha value is -1.02. The van der Waals surface area contributed by atoms with E-state index in [4.69, 9.17) is 9.84 Å². The average Bonchev–Trinajstić information content (AvgIpc) is 2.96. The summed E-state index contributed by atoms with van der Waals surface area (Å²) in [5.74, 6) is 1.92. The summed E-state index contributed by atoms with van der Waals surface area (Å²) in [4.78, 5) is 0. The van der Waals surface area contributed by atoms with E-state index in [0.717, 1.165) is 12.2 Å². The van der Waals surface area contributed by atoms with Gasteiger partial charge in [-0.1, -0.05) is 18.2 Å². The number of para-hydroxylation sites is 1. The molecule has 0 radical (unpaired) electrons. The highest BCUT2D eigenvalue weighted by atomic mass is 16.5. The van der Waals surface area contributed by atoms with Gasteiger partial charge in [-0.2, -0.15) is 0 Å². The third-order valence-corrected chi connectivity index (χ3v) is 2.70. The van der Waals surface area contributed by atoms with E-state index in [1.54, 1.807) is 7.11 Å². The van der Waals surface area contributed by atoms with Crippen LogP contribution in [0.2, 0.25) is 0 Å². The lowest BCUT2D eigenvalue weighted by molar-refractivity contribution is 0.273. The zero-order chi connectivity index (χ0) is 9.26. The first kappa shape index (κ1) is 8.57. The summed E-state index contributed by atoms with van der Waals surface area (Å²) < 4.78 is 5.26. The fourth-order valence-corrected chi connectivity index (χ4v) is 1.80. The van der Waals surface area contributed by atoms with E-state index < -0.39 is 0 Å². The summed E-state index contributed by atoms with van der Waals surface area (Å²) in [6.07, 6.45) is 1.09. The molecular weight excluding hydrogens is 164 g/mol. The van der Waals surface area contributed by atoms with E-state index in [0.29, 0.717) is 18.4 Å². The lowest BCUT2D eigenvalue weighted by Gasteiger charge is -2.06. The van der Waals surface area contributed by atoms with Crippen LogP contribution in [0.1, 0.15) is 17.9 Å². The largest absolute Gasteiger partial charge is 0.496 e. The van der Waals surface area contributed by atoms with Crippen LogP contribution in [0, 0.1) is 5.92 Å². The predicted molar refractivity (Wildman–Crippen MR) is 50.9 cm³/mol. The van der Waals surface area contributed by atoms with Crippen LogP contribution >= 0.6 is 0 Å². The molecule has 70 valence electrons. The zero-order valence-corrected chi connectivity index (χ0v) is 7.73. The Morgan fingerprint density at radius 2 is 2.23 bits per heavy atom. The van der Waals surface area contributed by atoms with Gasteiger partial charge in [-0.15, -0.1) is 0 Å². The second-order valence-corrected chi connectivity index (χ2v) is 3.53. The van der Waals surface area contributed by atoms with Gasteiger partial charge in [-0.25, -0.2) is 0 Å². The Morgan fingerprint density at radius 1 is 1.46 bits per heavy atom. The van der Waals surface area contributed by atoms with Gasteiger partial charge in [0, 0.05) is 6.61 Å². The Balaban J connectivity index is 2.20. The molecule has 1 aliphatic rings. The fourth-order valence-electron chi connectivity index (χ4n) is 1.80. The van der Waals surface area contributed by atoms with Crippen molar-refractivity contribution in [1.82, 2.24) is 0 Å². The molecule has 0 aliphatic heterocycles. The lowest BCUT2D eigenvalue weighted by Crippen LogP contribution is -1.92. The highest BCUT2D eigenvalue weighted by molar-refractivity contribution is 5.39. The van der Waals surface area contributed by atoms with Crippen molar-refractivity contribution in [1.29, 1.82) is 0 Å². The SMILES string of the molecule is COc1ccccc1C1C[C@H]1CO. The molecule has 1 unspecified atom stereocenters. The topological polar surface area (TPSA) is 29.5 Å². The smallest absolute Gasteiger partial charge is 0.122 e. The van der Waals surface area contributed by atoms with E-state index >= 15 is 0 Å². The molecule has 1 aromatic carbocycles. The summed E-state index contributed by atoms with van der Waals surface area (Å²) >= 11 is 0. The van der Waals surface area contributed by atoms with Crippen LogP contribution in [-0.2, 0) is 0 Å². The van der Waals surface area contributed by atoms with Gasteiger partial charge in [0.15, 0.2) is 0 Å². The molecule has 0 amide bonds. The molecule has 2 atom stereocenters. The van der Waals surface area contributed by atoms with Crippen molar-refractivity contribution >= 4 is 0 Å². The number of methoxy groups -OCH3 is 1. The van der Waals surface area contributed by atoms with Gasteiger partial charge in [-0.3, -0.25) is 0 Å². The van der Waals surface area contributed by atoms with Crippen molar-refractivity contribution in [2.75, 3.05) is 13.7 Å². The van der Waals surface area contributed by atoms with Gasteiger partial charge in [0.25, 0.3) is 0 Å². The molecular formula is C11H14O2. The van der Waals surface area contributed by atoms with Crippen molar-refractivity contribution in [3.05, 3.63) is 29.8 Å². The summed E-state index contributed by atoms with van der Waals surface area (Å²) in [6, 6.07) is 8.05. The predicted octanol–water partition coefficient (Wildman–Crippen LogP) is 1.79.